The number of carbonyl (C=O) groups is 1. The Morgan fingerprint density at radius 3 is 2.87 bits per heavy atom. The molecule has 0 aromatic heterocycles. The lowest BCUT2D eigenvalue weighted by Gasteiger charge is -2.08. The first kappa shape index (κ1) is 10.7. The number of halogens is 1. The predicted molar refractivity (Wildman–Crippen MR) is 62.4 cm³/mol. The Kier molecular flexibility index (Phi) is 3.10. The third-order valence-electron chi connectivity index (χ3n) is 2.51. The van der Waals surface area contributed by atoms with Gasteiger partial charge in [-0.25, -0.2) is 0 Å². The highest BCUT2D eigenvalue weighted by Crippen LogP contribution is 2.32. The Morgan fingerprint density at radius 2 is 2.27 bits per heavy atom. The summed E-state index contributed by atoms with van der Waals surface area (Å²) in [5.74, 6) is 1.56. The van der Waals surface area contributed by atoms with Gasteiger partial charge in [-0.2, -0.15) is 0 Å². The van der Waals surface area contributed by atoms with Crippen LogP contribution in [-0.4, -0.2) is 12.4 Å². The Bertz CT molecular complexity index is 383. The van der Waals surface area contributed by atoms with E-state index < -0.39 is 0 Å². The summed E-state index contributed by atoms with van der Waals surface area (Å²) >= 11 is 3.41. The standard InChI is InChI=1S/C12H13BrO2/c1-8(14)10-4-5-11(13)12(6-10)15-7-9-2-3-9/h4-6,9H,2-3,7H2,1H3. The highest BCUT2D eigenvalue weighted by molar-refractivity contribution is 9.10. The summed E-state index contributed by atoms with van der Waals surface area (Å²) in [6.45, 7) is 2.33. The first-order valence-corrected chi connectivity index (χ1v) is 5.89. The number of hydrogen-bond donors (Lipinski definition) is 0. The van der Waals surface area contributed by atoms with E-state index in [0.717, 1.165) is 22.7 Å². The van der Waals surface area contributed by atoms with Gasteiger partial charge in [0.05, 0.1) is 11.1 Å². The van der Waals surface area contributed by atoms with E-state index in [-0.39, 0.29) is 5.78 Å². The van der Waals surface area contributed by atoms with Gasteiger partial charge in [-0.1, -0.05) is 6.07 Å². The second kappa shape index (κ2) is 4.35. The molecule has 1 aliphatic rings. The van der Waals surface area contributed by atoms with Crippen LogP contribution in [0.5, 0.6) is 5.75 Å². The molecule has 0 amide bonds. The van der Waals surface area contributed by atoms with E-state index in [1.165, 1.54) is 12.8 Å². The molecule has 1 aliphatic carbocycles. The lowest BCUT2D eigenvalue weighted by atomic mass is 10.1. The normalized spacial score (nSPS) is 15.1. The molecule has 0 aliphatic heterocycles. The van der Waals surface area contributed by atoms with Crippen LogP contribution >= 0.6 is 15.9 Å². The highest BCUT2D eigenvalue weighted by Gasteiger charge is 2.22. The van der Waals surface area contributed by atoms with Gasteiger partial charge >= 0.3 is 0 Å². The van der Waals surface area contributed by atoms with Crippen molar-refractivity contribution in [2.75, 3.05) is 6.61 Å². The van der Waals surface area contributed by atoms with Gasteiger partial charge < -0.3 is 4.74 Å². The molecule has 0 N–H and O–H groups in total. The van der Waals surface area contributed by atoms with Crippen molar-refractivity contribution in [1.82, 2.24) is 0 Å². The molecule has 2 nitrogen and oxygen atoms in total. The summed E-state index contributed by atoms with van der Waals surface area (Å²) in [5, 5.41) is 0. The van der Waals surface area contributed by atoms with E-state index >= 15 is 0 Å². The average Bonchev–Trinajstić information content (AvgIpc) is 3.00. The van der Waals surface area contributed by atoms with E-state index in [1.807, 2.05) is 6.07 Å². The molecule has 3 heteroatoms. The van der Waals surface area contributed by atoms with Gasteiger partial charge in [0, 0.05) is 5.56 Å². The number of ether oxygens (including phenoxy) is 1. The van der Waals surface area contributed by atoms with Crippen LogP contribution in [0.2, 0.25) is 0 Å². The Labute approximate surface area is 97.8 Å². The number of carbonyl (C=O) groups excluding carboxylic acids is 1. The molecule has 1 aromatic rings. The average molecular weight is 269 g/mol. The minimum atomic E-state index is 0.0683. The van der Waals surface area contributed by atoms with Gasteiger partial charge in [0.1, 0.15) is 5.75 Å². The zero-order valence-electron chi connectivity index (χ0n) is 8.63. The predicted octanol–water partition coefficient (Wildman–Crippen LogP) is 3.44. The van der Waals surface area contributed by atoms with Crippen molar-refractivity contribution in [2.24, 2.45) is 5.92 Å². The molecule has 80 valence electrons. The van der Waals surface area contributed by atoms with Crippen LogP contribution in [0, 0.1) is 5.92 Å². The van der Waals surface area contributed by atoms with Gasteiger partial charge in [-0.05, 0) is 53.7 Å². The molecule has 15 heavy (non-hydrogen) atoms. The SMILES string of the molecule is CC(=O)c1ccc(Br)c(OCC2CC2)c1. The molecule has 1 aromatic carbocycles. The minimum absolute atomic E-state index is 0.0683. The summed E-state index contributed by atoms with van der Waals surface area (Å²) in [5.41, 5.74) is 0.698. The summed E-state index contributed by atoms with van der Waals surface area (Å²) in [6.07, 6.45) is 2.54. The molecule has 0 unspecified atom stereocenters. The molecule has 0 spiro atoms. The first-order valence-electron chi connectivity index (χ1n) is 5.10. The maximum absolute atomic E-state index is 11.2. The van der Waals surface area contributed by atoms with Gasteiger partial charge in [0.15, 0.2) is 5.78 Å². The van der Waals surface area contributed by atoms with Gasteiger partial charge in [0.25, 0.3) is 0 Å². The van der Waals surface area contributed by atoms with Crippen LogP contribution in [0.3, 0.4) is 0 Å². The summed E-state index contributed by atoms with van der Waals surface area (Å²) in [7, 11) is 0. The van der Waals surface area contributed by atoms with Gasteiger partial charge in [-0.15, -0.1) is 0 Å². The van der Waals surface area contributed by atoms with Gasteiger partial charge in [-0.3, -0.25) is 4.79 Å². The van der Waals surface area contributed by atoms with Crippen molar-refractivity contribution in [3.8, 4) is 5.75 Å². The van der Waals surface area contributed by atoms with Crippen molar-refractivity contribution in [3.05, 3.63) is 28.2 Å². The largest absolute Gasteiger partial charge is 0.492 e. The lowest BCUT2D eigenvalue weighted by molar-refractivity contribution is 0.101. The van der Waals surface area contributed by atoms with Crippen LogP contribution in [0.1, 0.15) is 30.1 Å². The Balaban J connectivity index is 2.12. The van der Waals surface area contributed by atoms with E-state index in [9.17, 15) is 4.79 Å². The molecule has 1 fully saturated rings. The summed E-state index contributed by atoms with van der Waals surface area (Å²) < 4.78 is 6.56. The maximum Gasteiger partial charge on any atom is 0.159 e. The molecule has 0 bridgehead atoms. The second-order valence-corrected chi connectivity index (χ2v) is 4.81. The fourth-order valence-electron chi connectivity index (χ4n) is 1.33. The molecule has 1 saturated carbocycles. The lowest BCUT2D eigenvalue weighted by Crippen LogP contribution is -2.01. The van der Waals surface area contributed by atoms with Crippen molar-refractivity contribution in [1.29, 1.82) is 0 Å². The van der Waals surface area contributed by atoms with Crippen LogP contribution in [-0.2, 0) is 0 Å². The van der Waals surface area contributed by atoms with E-state index in [2.05, 4.69) is 15.9 Å². The summed E-state index contributed by atoms with van der Waals surface area (Å²) in [6, 6.07) is 5.46. The number of ketones is 1. The Hall–Kier alpha value is -0.830. The third kappa shape index (κ3) is 2.81. The molecular weight excluding hydrogens is 256 g/mol. The molecule has 2 rings (SSSR count). The monoisotopic (exact) mass is 268 g/mol. The zero-order valence-corrected chi connectivity index (χ0v) is 10.2. The van der Waals surface area contributed by atoms with E-state index in [4.69, 9.17) is 4.74 Å². The van der Waals surface area contributed by atoms with Crippen molar-refractivity contribution in [2.45, 2.75) is 19.8 Å². The van der Waals surface area contributed by atoms with Gasteiger partial charge in [0.2, 0.25) is 0 Å². The van der Waals surface area contributed by atoms with Crippen molar-refractivity contribution in [3.63, 3.8) is 0 Å². The van der Waals surface area contributed by atoms with Crippen LogP contribution in [0.4, 0.5) is 0 Å². The molecule has 0 atom stereocenters. The van der Waals surface area contributed by atoms with E-state index in [0.29, 0.717) is 5.56 Å². The fraction of sp³-hybridized carbons (Fsp3) is 0.417. The number of Topliss-reactive ketones (excluding diaryl/α,β-unsaturated/α-hetero) is 1. The zero-order chi connectivity index (χ0) is 10.8. The summed E-state index contributed by atoms with van der Waals surface area (Å²) in [4.78, 5) is 11.2. The van der Waals surface area contributed by atoms with Crippen LogP contribution in [0.15, 0.2) is 22.7 Å². The number of benzene rings is 1. The number of rotatable bonds is 4. The molecule has 0 heterocycles. The Morgan fingerprint density at radius 1 is 1.53 bits per heavy atom. The highest BCUT2D eigenvalue weighted by atomic mass is 79.9. The second-order valence-electron chi connectivity index (χ2n) is 3.96. The maximum atomic E-state index is 11.2. The third-order valence-corrected chi connectivity index (χ3v) is 3.16. The topological polar surface area (TPSA) is 26.3 Å². The van der Waals surface area contributed by atoms with E-state index in [1.54, 1.807) is 19.1 Å². The number of hydrogen-bond acceptors (Lipinski definition) is 2. The van der Waals surface area contributed by atoms with Crippen LogP contribution < -0.4 is 4.74 Å². The van der Waals surface area contributed by atoms with Crippen molar-refractivity contribution < 1.29 is 9.53 Å². The molecule has 0 radical (unpaired) electrons. The quantitative estimate of drug-likeness (QED) is 0.782. The molecular formula is C12H13BrO2. The fourth-order valence-corrected chi connectivity index (χ4v) is 1.69. The van der Waals surface area contributed by atoms with Crippen molar-refractivity contribution >= 4 is 21.7 Å². The minimum Gasteiger partial charge on any atom is -0.492 e. The smallest absolute Gasteiger partial charge is 0.159 e. The first-order chi connectivity index (χ1) is 7.16. The molecule has 0 saturated heterocycles. The van der Waals surface area contributed by atoms with Crippen LogP contribution in [0.25, 0.3) is 0 Å².